The van der Waals surface area contributed by atoms with Crippen LogP contribution in [0.4, 0.5) is 0 Å². The Morgan fingerprint density at radius 1 is 1.22 bits per heavy atom. The zero-order chi connectivity index (χ0) is 16.8. The number of halogens is 1. The smallest absolute Gasteiger partial charge is 0.326 e. The lowest BCUT2D eigenvalue weighted by Crippen LogP contribution is -2.33. The van der Waals surface area contributed by atoms with Crippen LogP contribution >= 0.6 is 22.9 Å². The topological polar surface area (TPSA) is 72.5 Å². The minimum atomic E-state index is -0.942. The molecule has 1 heterocycles. The van der Waals surface area contributed by atoms with Gasteiger partial charge in [-0.1, -0.05) is 17.7 Å². The molecule has 0 aliphatic carbocycles. The van der Waals surface area contributed by atoms with Crippen molar-refractivity contribution in [1.29, 1.82) is 0 Å². The molecule has 0 aliphatic heterocycles. The second kappa shape index (κ2) is 7.89. The van der Waals surface area contributed by atoms with Gasteiger partial charge >= 0.3 is 5.97 Å². The molecule has 0 saturated carbocycles. The van der Waals surface area contributed by atoms with Crippen molar-refractivity contribution in [3.63, 3.8) is 0 Å². The molecular weight excluding hydrogens is 338 g/mol. The van der Waals surface area contributed by atoms with Crippen molar-refractivity contribution in [1.82, 2.24) is 5.32 Å². The maximum Gasteiger partial charge on any atom is 0.326 e. The number of nitrogens with one attached hydrogen (secondary N) is 1. The molecule has 1 atom stereocenters. The van der Waals surface area contributed by atoms with Crippen LogP contribution in [0.3, 0.4) is 0 Å². The van der Waals surface area contributed by atoms with Gasteiger partial charge in [-0.2, -0.15) is 0 Å². The number of thiophene rings is 1. The second-order valence-corrected chi connectivity index (χ2v) is 6.05. The number of carbonyl (C=O) groups excluding carboxylic acids is 3. The van der Waals surface area contributed by atoms with Crippen molar-refractivity contribution in [2.45, 2.75) is 13.0 Å². The van der Waals surface area contributed by atoms with Crippen molar-refractivity contribution in [2.75, 3.05) is 6.54 Å². The van der Waals surface area contributed by atoms with E-state index in [1.54, 1.807) is 41.8 Å². The normalized spacial score (nSPS) is 11.6. The van der Waals surface area contributed by atoms with Crippen LogP contribution in [-0.2, 0) is 9.53 Å². The Morgan fingerprint density at radius 2 is 1.91 bits per heavy atom. The van der Waals surface area contributed by atoms with Gasteiger partial charge in [-0.05, 0) is 42.6 Å². The number of amides is 1. The summed E-state index contributed by atoms with van der Waals surface area (Å²) in [4.78, 5) is 36.0. The highest BCUT2D eigenvalue weighted by atomic mass is 35.5. The molecule has 0 bridgehead atoms. The number of benzene rings is 1. The number of rotatable bonds is 6. The third-order valence-corrected chi connectivity index (χ3v) is 4.07. The number of hydrogen-bond donors (Lipinski definition) is 1. The van der Waals surface area contributed by atoms with E-state index in [4.69, 9.17) is 16.3 Å². The molecule has 0 unspecified atom stereocenters. The molecule has 1 N–H and O–H groups in total. The van der Waals surface area contributed by atoms with Gasteiger partial charge in [-0.25, -0.2) is 0 Å². The molecule has 5 nitrogen and oxygen atoms in total. The van der Waals surface area contributed by atoms with Gasteiger partial charge in [-0.15, -0.1) is 11.3 Å². The maximum absolute atomic E-state index is 12.1. The summed E-state index contributed by atoms with van der Waals surface area (Å²) in [5.74, 6) is -1.36. The first-order chi connectivity index (χ1) is 11.0. The van der Waals surface area contributed by atoms with E-state index in [0.717, 1.165) is 0 Å². The molecule has 1 aromatic carbocycles. The van der Waals surface area contributed by atoms with E-state index in [-0.39, 0.29) is 18.2 Å². The quantitative estimate of drug-likeness (QED) is 0.641. The van der Waals surface area contributed by atoms with Crippen molar-refractivity contribution >= 4 is 40.6 Å². The van der Waals surface area contributed by atoms with Crippen molar-refractivity contribution < 1.29 is 19.1 Å². The Morgan fingerprint density at radius 3 is 2.52 bits per heavy atom. The third-order valence-electron chi connectivity index (χ3n) is 2.94. The Hall–Kier alpha value is -2.18. The molecule has 0 radical (unpaired) electrons. The maximum atomic E-state index is 12.1. The van der Waals surface area contributed by atoms with Gasteiger partial charge in [-0.3, -0.25) is 14.4 Å². The number of hydrogen-bond acceptors (Lipinski definition) is 5. The molecule has 1 aromatic heterocycles. The molecule has 0 aliphatic rings. The zero-order valence-corrected chi connectivity index (χ0v) is 13.8. The van der Waals surface area contributed by atoms with Crippen LogP contribution in [0.25, 0.3) is 0 Å². The van der Waals surface area contributed by atoms with Gasteiger partial charge in [0.1, 0.15) is 6.54 Å². The van der Waals surface area contributed by atoms with Gasteiger partial charge in [0.25, 0.3) is 5.91 Å². The highest BCUT2D eigenvalue weighted by Gasteiger charge is 2.20. The summed E-state index contributed by atoms with van der Waals surface area (Å²) >= 11 is 7.03. The van der Waals surface area contributed by atoms with E-state index in [1.807, 2.05) is 0 Å². The predicted molar refractivity (Wildman–Crippen MR) is 88.0 cm³/mol. The predicted octanol–water partition coefficient (Wildman–Crippen LogP) is 2.95. The van der Waals surface area contributed by atoms with Gasteiger partial charge in [0.05, 0.1) is 4.88 Å². The van der Waals surface area contributed by atoms with Crippen LogP contribution in [0.5, 0.6) is 0 Å². The second-order valence-electron chi connectivity index (χ2n) is 4.66. The Labute approximate surface area is 142 Å². The Bertz CT molecular complexity index is 697. The third kappa shape index (κ3) is 4.91. The van der Waals surface area contributed by atoms with Crippen LogP contribution in [-0.4, -0.2) is 30.3 Å². The van der Waals surface area contributed by atoms with Crippen LogP contribution in [0.1, 0.15) is 27.0 Å². The molecular formula is C16H14ClNO4S. The number of carbonyl (C=O) groups is 3. The highest BCUT2D eigenvalue weighted by molar-refractivity contribution is 7.12. The van der Waals surface area contributed by atoms with Gasteiger partial charge in [0.2, 0.25) is 5.78 Å². The molecule has 2 rings (SSSR count). The van der Waals surface area contributed by atoms with Crippen LogP contribution in [0, 0.1) is 0 Å². The van der Waals surface area contributed by atoms with E-state index in [0.29, 0.717) is 15.5 Å². The molecule has 1 amide bonds. The number of ketones is 1. The lowest BCUT2D eigenvalue weighted by atomic mass is 10.1. The largest absolute Gasteiger partial charge is 0.453 e. The van der Waals surface area contributed by atoms with E-state index in [9.17, 15) is 14.4 Å². The lowest BCUT2D eigenvalue weighted by Gasteiger charge is -2.12. The van der Waals surface area contributed by atoms with E-state index >= 15 is 0 Å². The lowest BCUT2D eigenvalue weighted by molar-refractivity contribution is -0.145. The molecule has 7 heteroatoms. The van der Waals surface area contributed by atoms with E-state index < -0.39 is 12.1 Å². The summed E-state index contributed by atoms with van der Waals surface area (Å²) in [6.45, 7) is 1.19. The van der Waals surface area contributed by atoms with Crippen molar-refractivity contribution in [3.05, 3.63) is 57.2 Å². The minimum Gasteiger partial charge on any atom is -0.453 e. The summed E-state index contributed by atoms with van der Waals surface area (Å²) in [5, 5.41) is 4.72. The molecule has 2 aromatic rings. The van der Waals surface area contributed by atoms with E-state index in [1.165, 1.54) is 18.3 Å². The first-order valence-corrected chi connectivity index (χ1v) is 8.04. The van der Waals surface area contributed by atoms with Gasteiger partial charge < -0.3 is 10.1 Å². The first kappa shape index (κ1) is 17.2. The molecule has 0 saturated heterocycles. The number of Topliss-reactive ketones (excluding diaryl/α,β-unsaturated/α-hetero) is 1. The first-order valence-electron chi connectivity index (χ1n) is 6.78. The van der Waals surface area contributed by atoms with Crippen molar-refractivity contribution in [3.8, 4) is 0 Å². The van der Waals surface area contributed by atoms with Crippen molar-refractivity contribution in [2.24, 2.45) is 0 Å². The highest BCUT2D eigenvalue weighted by Crippen LogP contribution is 2.12. The van der Waals surface area contributed by atoms with Crippen LogP contribution in [0.2, 0.25) is 5.02 Å². The summed E-state index contributed by atoms with van der Waals surface area (Å²) in [7, 11) is 0. The summed E-state index contributed by atoms with van der Waals surface area (Å²) in [6, 6.07) is 9.69. The Kier molecular flexibility index (Phi) is 5.90. The molecule has 0 fully saturated rings. The van der Waals surface area contributed by atoms with E-state index in [2.05, 4.69) is 5.32 Å². The zero-order valence-electron chi connectivity index (χ0n) is 12.2. The van der Waals surface area contributed by atoms with Gasteiger partial charge in [0, 0.05) is 10.6 Å². The fourth-order valence-corrected chi connectivity index (χ4v) is 2.55. The minimum absolute atomic E-state index is 0.297. The summed E-state index contributed by atoms with van der Waals surface area (Å²) < 4.78 is 5.03. The van der Waals surface area contributed by atoms with Gasteiger partial charge in [0.15, 0.2) is 6.10 Å². The monoisotopic (exact) mass is 351 g/mol. The summed E-state index contributed by atoms with van der Waals surface area (Å²) in [5.41, 5.74) is 0.400. The fourth-order valence-electron chi connectivity index (χ4n) is 1.79. The summed E-state index contributed by atoms with van der Waals surface area (Å²) in [6.07, 6.45) is -0.942. The average Bonchev–Trinajstić information content (AvgIpc) is 3.07. The average molecular weight is 352 g/mol. The Balaban J connectivity index is 1.83. The number of ether oxygens (including phenoxy) is 1. The standard InChI is InChI=1S/C16H14ClNO4S/c1-10(15(20)11-4-6-12(17)7-5-11)22-14(19)9-18-16(21)13-3-2-8-23-13/h2-8,10H,9H2,1H3,(H,18,21)/t10-/m1/s1. The molecule has 23 heavy (non-hydrogen) atoms. The molecule has 0 spiro atoms. The van der Waals surface area contributed by atoms with Crippen LogP contribution in [0.15, 0.2) is 41.8 Å². The SMILES string of the molecule is C[C@@H](OC(=O)CNC(=O)c1cccs1)C(=O)c1ccc(Cl)cc1. The fraction of sp³-hybridized carbons (Fsp3) is 0.188. The molecule has 120 valence electrons. The van der Waals surface area contributed by atoms with Crippen LogP contribution < -0.4 is 5.32 Å². The number of esters is 1.